The Morgan fingerprint density at radius 2 is 2.21 bits per heavy atom. The van der Waals surface area contributed by atoms with Gasteiger partial charge in [-0.15, -0.1) is 0 Å². The molecule has 1 aromatic rings. The van der Waals surface area contributed by atoms with Crippen LogP contribution >= 0.6 is 0 Å². The standard InChI is InChI=1S/C14H20N4O/c15-10-3-1-4-11(9-10)16-14(19)17-12-6-8-18-7-2-5-13(12)18/h1,3-4,9,12-13H,2,5-8,15H2,(H2,16,17,19). The summed E-state index contributed by atoms with van der Waals surface area (Å²) in [5, 5.41) is 5.93. The number of carbonyl (C=O) groups is 1. The van der Waals surface area contributed by atoms with Gasteiger partial charge in [0.2, 0.25) is 0 Å². The molecule has 102 valence electrons. The van der Waals surface area contributed by atoms with Gasteiger partial charge in [0, 0.05) is 30.0 Å². The van der Waals surface area contributed by atoms with Crippen LogP contribution in [-0.4, -0.2) is 36.1 Å². The summed E-state index contributed by atoms with van der Waals surface area (Å²) >= 11 is 0. The summed E-state index contributed by atoms with van der Waals surface area (Å²) in [5.74, 6) is 0. The van der Waals surface area contributed by atoms with Crippen molar-refractivity contribution in [2.45, 2.75) is 31.3 Å². The highest BCUT2D eigenvalue weighted by atomic mass is 16.2. The molecule has 2 heterocycles. The number of fused-ring (bicyclic) bond motifs is 1. The SMILES string of the molecule is Nc1cccc(NC(=O)NC2CCN3CCCC23)c1. The van der Waals surface area contributed by atoms with E-state index in [1.807, 2.05) is 12.1 Å². The lowest BCUT2D eigenvalue weighted by Crippen LogP contribution is -2.44. The molecule has 0 bridgehead atoms. The normalized spacial score (nSPS) is 26.1. The first kappa shape index (κ1) is 12.3. The number of benzene rings is 1. The summed E-state index contributed by atoms with van der Waals surface area (Å²) in [6, 6.07) is 7.91. The van der Waals surface area contributed by atoms with Crippen molar-refractivity contribution in [2.24, 2.45) is 0 Å². The van der Waals surface area contributed by atoms with Crippen molar-refractivity contribution in [3.8, 4) is 0 Å². The van der Waals surface area contributed by atoms with Crippen LogP contribution in [0.2, 0.25) is 0 Å². The van der Waals surface area contributed by atoms with Gasteiger partial charge in [-0.25, -0.2) is 4.79 Å². The predicted molar refractivity (Wildman–Crippen MR) is 76.0 cm³/mol. The van der Waals surface area contributed by atoms with Crippen LogP contribution in [0, 0.1) is 0 Å². The smallest absolute Gasteiger partial charge is 0.319 e. The summed E-state index contributed by atoms with van der Waals surface area (Å²) in [7, 11) is 0. The van der Waals surface area contributed by atoms with Crippen molar-refractivity contribution in [1.29, 1.82) is 0 Å². The second-order valence-corrected chi connectivity index (χ2v) is 5.36. The first-order valence-electron chi connectivity index (χ1n) is 6.89. The minimum absolute atomic E-state index is 0.135. The number of urea groups is 1. The molecule has 0 radical (unpaired) electrons. The molecule has 2 unspecified atom stereocenters. The molecule has 0 aromatic heterocycles. The topological polar surface area (TPSA) is 70.4 Å². The van der Waals surface area contributed by atoms with E-state index in [1.54, 1.807) is 12.1 Å². The Labute approximate surface area is 113 Å². The van der Waals surface area contributed by atoms with Gasteiger partial charge >= 0.3 is 6.03 Å². The number of amides is 2. The lowest BCUT2D eigenvalue weighted by atomic mass is 10.1. The van der Waals surface area contributed by atoms with Crippen LogP contribution in [0.5, 0.6) is 0 Å². The van der Waals surface area contributed by atoms with Crippen LogP contribution in [0.15, 0.2) is 24.3 Å². The van der Waals surface area contributed by atoms with E-state index in [-0.39, 0.29) is 12.1 Å². The molecule has 0 aliphatic carbocycles. The van der Waals surface area contributed by atoms with Gasteiger partial charge in [0.05, 0.1) is 0 Å². The molecular formula is C14H20N4O. The number of nitrogens with two attached hydrogens (primary N) is 1. The minimum Gasteiger partial charge on any atom is -0.399 e. The van der Waals surface area contributed by atoms with Crippen molar-refractivity contribution < 1.29 is 4.79 Å². The number of nitrogen functional groups attached to an aromatic ring is 1. The van der Waals surface area contributed by atoms with Gasteiger partial charge in [0.15, 0.2) is 0 Å². The van der Waals surface area contributed by atoms with Crippen LogP contribution in [0.3, 0.4) is 0 Å². The summed E-state index contributed by atoms with van der Waals surface area (Å²) in [6.45, 7) is 2.29. The van der Waals surface area contributed by atoms with E-state index in [1.165, 1.54) is 19.4 Å². The first-order chi connectivity index (χ1) is 9.22. The molecule has 2 amide bonds. The fraction of sp³-hybridized carbons (Fsp3) is 0.500. The van der Waals surface area contributed by atoms with Crippen molar-refractivity contribution in [1.82, 2.24) is 10.2 Å². The lowest BCUT2D eigenvalue weighted by Gasteiger charge is -2.21. The van der Waals surface area contributed by atoms with Gasteiger partial charge in [0.25, 0.3) is 0 Å². The Morgan fingerprint density at radius 1 is 1.32 bits per heavy atom. The van der Waals surface area contributed by atoms with Crippen LogP contribution in [0.25, 0.3) is 0 Å². The summed E-state index contributed by atoms with van der Waals surface area (Å²) in [4.78, 5) is 14.5. The monoisotopic (exact) mass is 260 g/mol. The average molecular weight is 260 g/mol. The number of nitrogens with zero attached hydrogens (tertiary/aromatic N) is 1. The molecule has 2 atom stereocenters. The average Bonchev–Trinajstić information content (AvgIpc) is 2.94. The van der Waals surface area contributed by atoms with E-state index in [4.69, 9.17) is 5.73 Å². The molecule has 4 N–H and O–H groups in total. The van der Waals surface area contributed by atoms with E-state index >= 15 is 0 Å². The predicted octanol–water partition coefficient (Wildman–Crippen LogP) is 1.63. The molecule has 2 aliphatic heterocycles. The second kappa shape index (κ2) is 5.09. The number of rotatable bonds is 2. The van der Waals surface area contributed by atoms with Crippen LogP contribution in [-0.2, 0) is 0 Å². The fourth-order valence-corrected chi connectivity index (χ4v) is 3.20. The summed E-state index contributed by atoms with van der Waals surface area (Å²) in [6.07, 6.45) is 3.50. The molecule has 19 heavy (non-hydrogen) atoms. The van der Waals surface area contributed by atoms with E-state index in [0.717, 1.165) is 18.7 Å². The van der Waals surface area contributed by atoms with Gasteiger partial charge in [-0.2, -0.15) is 0 Å². The zero-order valence-electron chi connectivity index (χ0n) is 10.9. The highest BCUT2D eigenvalue weighted by molar-refractivity contribution is 5.90. The molecule has 0 saturated carbocycles. The molecule has 3 rings (SSSR count). The Hall–Kier alpha value is -1.75. The Balaban J connectivity index is 1.57. The van der Waals surface area contributed by atoms with Crippen LogP contribution in [0.1, 0.15) is 19.3 Å². The highest BCUT2D eigenvalue weighted by Crippen LogP contribution is 2.27. The third kappa shape index (κ3) is 2.66. The Bertz CT molecular complexity index is 476. The maximum absolute atomic E-state index is 12.0. The zero-order chi connectivity index (χ0) is 13.2. The van der Waals surface area contributed by atoms with Crippen molar-refractivity contribution in [2.75, 3.05) is 24.1 Å². The molecule has 5 nitrogen and oxygen atoms in total. The molecule has 2 fully saturated rings. The van der Waals surface area contributed by atoms with Crippen molar-refractivity contribution >= 4 is 17.4 Å². The van der Waals surface area contributed by atoms with Gasteiger partial charge in [-0.05, 0) is 44.0 Å². The van der Waals surface area contributed by atoms with E-state index in [2.05, 4.69) is 15.5 Å². The van der Waals surface area contributed by atoms with Crippen LogP contribution in [0.4, 0.5) is 16.2 Å². The highest BCUT2D eigenvalue weighted by Gasteiger charge is 2.37. The number of nitrogens with one attached hydrogen (secondary N) is 2. The molecule has 2 saturated heterocycles. The maximum Gasteiger partial charge on any atom is 0.319 e. The summed E-state index contributed by atoms with van der Waals surface area (Å²) in [5.41, 5.74) is 7.08. The van der Waals surface area contributed by atoms with Crippen molar-refractivity contribution in [3.63, 3.8) is 0 Å². The van der Waals surface area contributed by atoms with Crippen molar-refractivity contribution in [3.05, 3.63) is 24.3 Å². The lowest BCUT2D eigenvalue weighted by molar-refractivity contribution is 0.243. The maximum atomic E-state index is 12.0. The Kier molecular flexibility index (Phi) is 3.29. The third-order valence-corrected chi connectivity index (χ3v) is 4.07. The third-order valence-electron chi connectivity index (χ3n) is 4.07. The van der Waals surface area contributed by atoms with Crippen LogP contribution < -0.4 is 16.4 Å². The van der Waals surface area contributed by atoms with Gasteiger partial charge in [0.1, 0.15) is 0 Å². The zero-order valence-corrected chi connectivity index (χ0v) is 10.9. The summed E-state index contributed by atoms with van der Waals surface area (Å²) < 4.78 is 0. The first-order valence-corrected chi connectivity index (χ1v) is 6.89. The number of anilines is 2. The quantitative estimate of drug-likeness (QED) is 0.708. The molecule has 0 spiro atoms. The van der Waals surface area contributed by atoms with Gasteiger partial charge in [-0.1, -0.05) is 6.07 Å². The Morgan fingerprint density at radius 3 is 3.05 bits per heavy atom. The van der Waals surface area contributed by atoms with E-state index < -0.39 is 0 Å². The van der Waals surface area contributed by atoms with E-state index in [9.17, 15) is 4.79 Å². The second-order valence-electron chi connectivity index (χ2n) is 5.36. The largest absolute Gasteiger partial charge is 0.399 e. The van der Waals surface area contributed by atoms with Gasteiger partial charge in [-0.3, -0.25) is 4.90 Å². The number of hydrogen-bond donors (Lipinski definition) is 3. The molecular weight excluding hydrogens is 240 g/mol. The molecule has 2 aliphatic rings. The van der Waals surface area contributed by atoms with Gasteiger partial charge < -0.3 is 16.4 Å². The number of hydrogen-bond acceptors (Lipinski definition) is 3. The number of carbonyl (C=O) groups excluding carboxylic acids is 1. The minimum atomic E-state index is -0.135. The molecule has 5 heteroatoms. The molecule has 1 aromatic carbocycles. The fourth-order valence-electron chi connectivity index (χ4n) is 3.20. The van der Waals surface area contributed by atoms with E-state index in [0.29, 0.717) is 11.7 Å².